The summed E-state index contributed by atoms with van der Waals surface area (Å²) in [6, 6.07) is 7.50. The molecule has 120 valence electrons. The minimum Gasteiger partial charge on any atom is -0.369 e. The van der Waals surface area contributed by atoms with E-state index in [-0.39, 0.29) is 23.6 Å². The quantitative estimate of drug-likeness (QED) is 0.566. The molecule has 5 N–H and O–H groups in total. The average Bonchev–Trinajstić information content (AvgIpc) is 2.95. The van der Waals surface area contributed by atoms with Gasteiger partial charge in [-0.2, -0.15) is 0 Å². The van der Waals surface area contributed by atoms with Crippen LogP contribution in [0, 0.1) is 0 Å². The molecule has 1 saturated heterocycles. The smallest absolute Gasteiger partial charge is 0.242 e. The van der Waals surface area contributed by atoms with Crippen LogP contribution >= 0.6 is 11.8 Å². The molecule has 1 aromatic rings. The summed E-state index contributed by atoms with van der Waals surface area (Å²) in [4.78, 5) is 24.1. The van der Waals surface area contributed by atoms with Crippen molar-refractivity contribution >= 4 is 29.3 Å². The molecule has 0 bridgehead atoms. The molecule has 1 aromatic carbocycles. The van der Waals surface area contributed by atoms with E-state index in [0.29, 0.717) is 11.7 Å². The van der Waals surface area contributed by atoms with E-state index in [1.165, 1.54) is 11.8 Å². The van der Waals surface area contributed by atoms with Gasteiger partial charge in [-0.1, -0.05) is 25.5 Å². The highest BCUT2D eigenvalue weighted by Gasteiger charge is 2.28. The second-order valence-electron chi connectivity index (χ2n) is 5.30. The molecule has 2 amide bonds. The van der Waals surface area contributed by atoms with Crippen LogP contribution in [0.2, 0.25) is 0 Å². The van der Waals surface area contributed by atoms with Crippen LogP contribution in [0.1, 0.15) is 26.2 Å². The molecule has 2 rings (SSSR count). The summed E-state index contributed by atoms with van der Waals surface area (Å²) < 4.78 is 0. The van der Waals surface area contributed by atoms with E-state index >= 15 is 0 Å². The Balaban J connectivity index is 1.95. The third-order valence-electron chi connectivity index (χ3n) is 3.45. The van der Waals surface area contributed by atoms with Crippen molar-refractivity contribution in [2.45, 2.75) is 43.2 Å². The maximum atomic E-state index is 12.3. The lowest BCUT2D eigenvalue weighted by Crippen LogP contribution is -2.40. The molecule has 2 atom stereocenters. The number of benzene rings is 1. The third kappa shape index (κ3) is 4.72. The van der Waals surface area contributed by atoms with Crippen molar-refractivity contribution in [3.8, 4) is 0 Å². The first-order valence-electron chi connectivity index (χ1n) is 7.42. The lowest BCUT2D eigenvalue weighted by atomic mass is 10.1. The standard InChI is InChI=1S/C15H22N4O2S/c1-2-5-10-8-12(19-18-10)15(21)17-11-6-3-4-7-13(11)22-9-14(16)20/h3-4,6-7,10,12,18-19H,2,5,8-9H2,1H3,(H2,16,20)(H,17,21). The monoisotopic (exact) mass is 322 g/mol. The van der Waals surface area contributed by atoms with E-state index in [9.17, 15) is 9.59 Å². The zero-order valence-electron chi connectivity index (χ0n) is 12.6. The van der Waals surface area contributed by atoms with E-state index < -0.39 is 0 Å². The Hall–Kier alpha value is -1.57. The molecular weight excluding hydrogens is 300 g/mol. The number of hydrogen-bond donors (Lipinski definition) is 4. The summed E-state index contributed by atoms with van der Waals surface area (Å²) in [6.07, 6.45) is 2.90. The van der Waals surface area contributed by atoms with Gasteiger partial charge in [0, 0.05) is 10.9 Å². The van der Waals surface area contributed by atoms with E-state index in [1.54, 1.807) is 0 Å². The molecule has 0 spiro atoms. The van der Waals surface area contributed by atoms with Gasteiger partial charge < -0.3 is 11.1 Å². The van der Waals surface area contributed by atoms with Gasteiger partial charge in [0.25, 0.3) is 0 Å². The van der Waals surface area contributed by atoms with Crippen molar-refractivity contribution in [3.63, 3.8) is 0 Å². The van der Waals surface area contributed by atoms with Crippen molar-refractivity contribution in [2.75, 3.05) is 11.1 Å². The zero-order chi connectivity index (χ0) is 15.9. The van der Waals surface area contributed by atoms with Gasteiger partial charge in [0.1, 0.15) is 6.04 Å². The molecular formula is C15H22N4O2S. The zero-order valence-corrected chi connectivity index (χ0v) is 13.4. The Morgan fingerprint density at radius 3 is 2.86 bits per heavy atom. The van der Waals surface area contributed by atoms with Gasteiger partial charge in [0.2, 0.25) is 11.8 Å². The fourth-order valence-electron chi connectivity index (χ4n) is 2.40. The first-order chi connectivity index (χ1) is 10.6. The Kier molecular flexibility index (Phi) is 6.23. The molecule has 0 aromatic heterocycles. The maximum absolute atomic E-state index is 12.3. The number of carbonyl (C=O) groups excluding carboxylic acids is 2. The van der Waals surface area contributed by atoms with Crippen LogP contribution in [-0.2, 0) is 9.59 Å². The van der Waals surface area contributed by atoms with Crippen LogP contribution in [0.5, 0.6) is 0 Å². The Bertz CT molecular complexity index is 538. The second-order valence-corrected chi connectivity index (χ2v) is 6.32. The number of para-hydroxylation sites is 1. The van der Waals surface area contributed by atoms with Crippen LogP contribution < -0.4 is 21.9 Å². The molecule has 0 aliphatic carbocycles. The molecule has 1 fully saturated rings. The highest BCUT2D eigenvalue weighted by Crippen LogP contribution is 2.27. The molecule has 1 aliphatic heterocycles. The van der Waals surface area contributed by atoms with Gasteiger partial charge in [-0.3, -0.25) is 15.0 Å². The van der Waals surface area contributed by atoms with Crippen molar-refractivity contribution < 1.29 is 9.59 Å². The summed E-state index contributed by atoms with van der Waals surface area (Å²) in [5.41, 5.74) is 12.1. The van der Waals surface area contributed by atoms with Crippen molar-refractivity contribution in [3.05, 3.63) is 24.3 Å². The van der Waals surface area contributed by atoms with Crippen LogP contribution in [-0.4, -0.2) is 29.7 Å². The molecule has 7 heteroatoms. The fourth-order valence-corrected chi connectivity index (χ4v) is 3.14. The van der Waals surface area contributed by atoms with E-state index in [4.69, 9.17) is 5.73 Å². The van der Waals surface area contributed by atoms with Crippen molar-refractivity contribution in [2.24, 2.45) is 5.73 Å². The number of nitrogens with two attached hydrogens (primary N) is 1. The minimum absolute atomic E-state index is 0.0711. The van der Waals surface area contributed by atoms with Gasteiger partial charge in [-0.25, -0.2) is 5.43 Å². The molecule has 1 aliphatic rings. The summed E-state index contributed by atoms with van der Waals surface area (Å²) in [6.45, 7) is 2.13. The average molecular weight is 322 g/mol. The normalized spacial score (nSPS) is 20.8. The van der Waals surface area contributed by atoms with Crippen molar-refractivity contribution in [1.82, 2.24) is 10.9 Å². The summed E-state index contributed by atoms with van der Waals surface area (Å²) in [7, 11) is 0. The first-order valence-corrected chi connectivity index (χ1v) is 8.40. The third-order valence-corrected chi connectivity index (χ3v) is 4.55. The molecule has 2 unspecified atom stereocenters. The number of thioether (sulfide) groups is 1. The second kappa shape index (κ2) is 8.17. The number of hydrazine groups is 1. The number of hydrogen-bond acceptors (Lipinski definition) is 5. The highest BCUT2D eigenvalue weighted by molar-refractivity contribution is 8.00. The van der Waals surface area contributed by atoms with Crippen LogP contribution in [0.25, 0.3) is 0 Å². The molecule has 6 nitrogen and oxygen atoms in total. The van der Waals surface area contributed by atoms with Gasteiger partial charge in [-0.05, 0) is 25.0 Å². The van der Waals surface area contributed by atoms with Crippen LogP contribution in [0.4, 0.5) is 5.69 Å². The Labute approximate surface area is 134 Å². The van der Waals surface area contributed by atoms with Crippen LogP contribution in [0.3, 0.4) is 0 Å². The number of nitrogens with one attached hydrogen (secondary N) is 3. The SMILES string of the molecule is CCCC1CC(C(=O)Nc2ccccc2SCC(N)=O)NN1. The van der Waals surface area contributed by atoms with E-state index in [2.05, 4.69) is 23.1 Å². The lowest BCUT2D eigenvalue weighted by molar-refractivity contribution is -0.118. The molecule has 1 heterocycles. The maximum Gasteiger partial charge on any atom is 0.242 e. The summed E-state index contributed by atoms with van der Waals surface area (Å²) in [5, 5.41) is 2.92. The minimum atomic E-state index is -0.379. The highest BCUT2D eigenvalue weighted by atomic mass is 32.2. The van der Waals surface area contributed by atoms with Crippen molar-refractivity contribution in [1.29, 1.82) is 0 Å². The van der Waals surface area contributed by atoms with Gasteiger partial charge in [-0.15, -0.1) is 11.8 Å². The Morgan fingerprint density at radius 2 is 2.14 bits per heavy atom. The topological polar surface area (TPSA) is 96.2 Å². The van der Waals surface area contributed by atoms with Gasteiger partial charge >= 0.3 is 0 Å². The molecule has 0 saturated carbocycles. The summed E-state index contributed by atoms with van der Waals surface area (Å²) >= 11 is 1.32. The lowest BCUT2D eigenvalue weighted by Gasteiger charge is -2.13. The van der Waals surface area contributed by atoms with Crippen LogP contribution in [0.15, 0.2) is 29.2 Å². The number of primary amides is 1. The molecule has 22 heavy (non-hydrogen) atoms. The fraction of sp³-hybridized carbons (Fsp3) is 0.467. The predicted molar refractivity (Wildman–Crippen MR) is 88.4 cm³/mol. The largest absolute Gasteiger partial charge is 0.369 e. The predicted octanol–water partition coefficient (Wildman–Crippen LogP) is 1.24. The van der Waals surface area contributed by atoms with E-state index in [1.807, 2.05) is 24.3 Å². The number of amides is 2. The first kappa shape index (κ1) is 16.8. The number of anilines is 1. The number of carbonyl (C=O) groups is 2. The van der Waals surface area contributed by atoms with Gasteiger partial charge in [0.05, 0.1) is 11.4 Å². The number of rotatable bonds is 7. The summed E-state index contributed by atoms with van der Waals surface area (Å²) in [5.74, 6) is -0.261. The Morgan fingerprint density at radius 1 is 1.36 bits per heavy atom. The molecule has 0 radical (unpaired) electrons. The van der Waals surface area contributed by atoms with E-state index in [0.717, 1.165) is 24.2 Å². The van der Waals surface area contributed by atoms with Gasteiger partial charge in [0.15, 0.2) is 0 Å².